The molecule has 1 fully saturated rings. The van der Waals surface area contributed by atoms with Crippen LogP contribution in [0.3, 0.4) is 0 Å². The summed E-state index contributed by atoms with van der Waals surface area (Å²) < 4.78 is 0. The van der Waals surface area contributed by atoms with Gasteiger partial charge in [0, 0.05) is 26.3 Å². The van der Waals surface area contributed by atoms with Gasteiger partial charge in [0.2, 0.25) is 0 Å². The highest BCUT2D eigenvalue weighted by molar-refractivity contribution is 5.57. The van der Waals surface area contributed by atoms with Crippen molar-refractivity contribution in [3.05, 3.63) is 66.0 Å². The molecule has 0 amide bonds. The Morgan fingerprint density at radius 3 is 2.36 bits per heavy atom. The van der Waals surface area contributed by atoms with Crippen LogP contribution in [-0.4, -0.2) is 48.3 Å². The first-order valence-corrected chi connectivity index (χ1v) is 12.0. The highest BCUT2D eigenvalue weighted by atomic mass is 16.1. The number of pyridine rings is 1. The van der Waals surface area contributed by atoms with E-state index in [9.17, 15) is 4.79 Å². The van der Waals surface area contributed by atoms with E-state index in [1.54, 1.807) is 4.90 Å². The lowest BCUT2D eigenvalue weighted by Crippen LogP contribution is -2.24. The Labute approximate surface area is 200 Å². The first kappa shape index (κ1) is 27.9. The third-order valence-electron chi connectivity index (χ3n) is 5.34. The summed E-state index contributed by atoms with van der Waals surface area (Å²) in [5, 5.41) is 3.47. The van der Waals surface area contributed by atoms with Gasteiger partial charge in [-0.1, -0.05) is 69.5 Å². The number of aromatic nitrogens is 1. The van der Waals surface area contributed by atoms with Crippen LogP contribution < -0.4 is 11.1 Å². The maximum absolute atomic E-state index is 11.0. The third kappa shape index (κ3) is 11.4. The standard InChI is InChI=1S/C14H19N3O.C11H16N2.C2H6/c1-17(2)14(10-18)13(16-11-15)9-8-12-6-4-3-5-7-12;1-2-6-10(7-3-1)13-11-8-4-5-9-12-11;1-2/h3-7,11,13H,8-9H2,1-2H3,(H2,15,16);4-5,8-10H,1-3,6-7H2,(H,12,13);1-2H3. The van der Waals surface area contributed by atoms with Crippen LogP contribution in [0.5, 0.6) is 0 Å². The van der Waals surface area contributed by atoms with Crippen molar-refractivity contribution < 1.29 is 4.79 Å². The maximum atomic E-state index is 11.0. The van der Waals surface area contributed by atoms with Gasteiger partial charge in [0.05, 0.1) is 6.34 Å². The number of hydrogen-bond acceptors (Lipinski definition) is 5. The Kier molecular flexibility index (Phi) is 14.8. The van der Waals surface area contributed by atoms with Crippen LogP contribution in [0.4, 0.5) is 5.82 Å². The van der Waals surface area contributed by atoms with Gasteiger partial charge in [0.1, 0.15) is 23.5 Å². The fraction of sp³-hybridized carbons (Fsp3) is 0.481. The molecule has 1 aliphatic rings. The number of likely N-dealkylation sites (N-methyl/N-ethyl adjacent to an activating group) is 1. The summed E-state index contributed by atoms with van der Waals surface area (Å²) >= 11 is 0. The summed E-state index contributed by atoms with van der Waals surface area (Å²) in [4.78, 5) is 21.1. The normalized spacial score (nSPS) is 14.1. The van der Waals surface area contributed by atoms with E-state index in [2.05, 4.69) is 27.4 Å². The summed E-state index contributed by atoms with van der Waals surface area (Å²) in [6, 6.07) is 16.5. The van der Waals surface area contributed by atoms with Crippen LogP contribution >= 0.6 is 0 Å². The number of nitrogens with two attached hydrogens (primary N) is 1. The monoisotopic (exact) mass is 451 g/mol. The van der Waals surface area contributed by atoms with E-state index in [0.717, 1.165) is 18.7 Å². The average Bonchev–Trinajstić information content (AvgIpc) is 2.86. The molecular weight excluding hydrogens is 410 g/mol. The quantitative estimate of drug-likeness (QED) is 0.331. The fourth-order valence-electron chi connectivity index (χ4n) is 3.70. The van der Waals surface area contributed by atoms with Crippen LogP contribution in [0.2, 0.25) is 0 Å². The van der Waals surface area contributed by atoms with E-state index in [1.807, 2.05) is 76.5 Å². The summed E-state index contributed by atoms with van der Waals surface area (Å²) in [6.07, 6.45) is 11.4. The third-order valence-corrected chi connectivity index (χ3v) is 5.34. The topological polar surface area (TPSA) is 83.6 Å². The molecule has 1 saturated carbocycles. The molecule has 1 aromatic heterocycles. The number of benzene rings is 1. The van der Waals surface area contributed by atoms with Gasteiger partial charge >= 0.3 is 0 Å². The molecule has 3 N–H and O–H groups in total. The van der Waals surface area contributed by atoms with Crippen LogP contribution in [0.1, 0.15) is 57.9 Å². The van der Waals surface area contributed by atoms with E-state index in [-0.39, 0.29) is 6.04 Å². The molecule has 1 aromatic carbocycles. The van der Waals surface area contributed by atoms with Crippen LogP contribution in [0, 0.1) is 0 Å². The number of nitrogens with one attached hydrogen (secondary N) is 1. The Bertz CT molecular complexity index is 811. The first-order chi connectivity index (χ1) is 16.1. The molecule has 6 nitrogen and oxygen atoms in total. The highest BCUT2D eigenvalue weighted by Crippen LogP contribution is 2.20. The minimum atomic E-state index is -0.234. The Balaban J connectivity index is 0.000000319. The van der Waals surface area contributed by atoms with Gasteiger partial charge in [-0.15, -0.1) is 0 Å². The number of carbonyl (C=O) groups excluding carboxylic acids is 1. The number of anilines is 1. The van der Waals surface area contributed by atoms with E-state index >= 15 is 0 Å². The lowest BCUT2D eigenvalue weighted by atomic mass is 9.95. The van der Waals surface area contributed by atoms with E-state index in [4.69, 9.17) is 5.73 Å². The molecule has 33 heavy (non-hydrogen) atoms. The van der Waals surface area contributed by atoms with Gasteiger partial charge in [0.15, 0.2) is 0 Å². The molecule has 3 rings (SSSR count). The predicted octanol–water partition coefficient (Wildman–Crippen LogP) is 5.10. The van der Waals surface area contributed by atoms with Crippen LogP contribution in [-0.2, 0) is 11.2 Å². The molecule has 0 radical (unpaired) electrons. The average molecular weight is 452 g/mol. The highest BCUT2D eigenvalue weighted by Gasteiger charge is 2.16. The molecule has 2 aromatic rings. The molecular formula is C27H41N5O. The molecule has 1 atom stereocenters. The number of aryl methyl sites for hydroxylation is 1. The van der Waals surface area contributed by atoms with Crippen molar-refractivity contribution in [2.45, 2.75) is 70.9 Å². The van der Waals surface area contributed by atoms with Gasteiger partial charge in [-0.25, -0.2) is 9.78 Å². The molecule has 6 heteroatoms. The summed E-state index contributed by atoms with van der Waals surface area (Å²) in [7, 11) is 3.61. The molecule has 0 bridgehead atoms. The second-order valence-corrected chi connectivity index (χ2v) is 7.91. The number of nitrogens with zero attached hydrogens (tertiary/aromatic N) is 3. The number of rotatable bonds is 8. The zero-order valence-corrected chi connectivity index (χ0v) is 20.7. The SMILES string of the molecule is CC.CN(C)C(=C=O)C(CCc1ccccc1)N=CN.c1ccc(NC2CCCCC2)nc1. The Morgan fingerprint density at radius 1 is 1.15 bits per heavy atom. The van der Waals surface area contributed by atoms with Crippen LogP contribution in [0.25, 0.3) is 0 Å². The van der Waals surface area contributed by atoms with E-state index < -0.39 is 0 Å². The van der Waals surface area contributed by atoms with Crippen LogP contribution in [0.15, 0.2) is 65.4 Å². The Morgan fingerprint density at radius 2 is 1.82 bits per heavy atom. The van der Waals surface area contributed by atoms with Gasteiger partial charge in [-0.3, -0.25) is 4.99 Å². The lowest BCUT2D eigenvalue weighted by molar-refractivity contribution is 0.449. The minimum absolute atomic E-state index is 0.234. The summed E-state index contributed by atoms with van der Waals surface area (Å²) in [5.41, 5.74) is 7.08. The zero-order chi connectivity index (χ0) is 24.3. The lowest BCUT2D eigenvalue weighted by Gasteiger charge is -2.23. The second-order valence-electron chi connectivity index (χ2n) is 7.91. The molecule has 180 valence electrons. The molecule has 0 spiro atoms. The van der Waals surface area contributed by atoms with E-state index in [1.165, 1.54) is 44.0 Å². The molecule has 1 unspecified atom stereocenters. The summed E-state index contributed by atoms with van der Waals surface area (Å²) in [5.74, 6) is 2.97. The smallest absolute Gasteiger partial charge is 0.148 e. The van der Waals surface area contributed by atoms with Crippen molar-refractivity contribution in [2.75, 3.05) is 19.4 Å². The zero-order valence-electron chi connectivity index (χ0n) is 20.7. The summed E-state index contributed by atoms with van der Waals surface area (Å²) in [6.45, 7) is 4.00. The van der Waals surface area contributed by atoms with Gasteiger partial charge in [0.25, 0.3) is 0 Å². The van der Waals surface area contributed by atoms with Crippen molar-refractivity contribution in [1.82, 2.24) is 9.88 Å². The van der Waals surface area contributed by atoms with Crippen molar-refractivity contribution >= 4 is 18.1 Å². The predicted molar refractivity (Wildman–Crippen MR) is 140 cm³/mol. The Hall–Kier alpha value is -3.11. The largest absolute Gasteiger partial charge is 0.390 e. The van der Waals surface area contributed by atoms with Crippen molar-refractivity contribution in [3.63, 3.8) is 0 Å². The van der Waals surface area contributed by atoms with Crippen molar-refractivity contribution in [3.8, 4) is 0 Å². The first-order valence-electron chi connectivity index (χ1n) is 12.0. The molecule has 1 heterocycles. The second kappa shape index (κ2) is 17.4. The molecule has 1 aliphatic carbocycles. The number of aliphatic imine (C=N–C) groups is 1. The fourth-order valence-corrected chi connectivity index (χ4v) is 3.70. The molecule has 0 aliphatic heterocycles. The molecule has 0 saturated heterocycles. The minimum Gasteiger partial charge on any atom is -0.390 e. The van der Waals surface area contributed by atoms with Crippen molar-refractivity contribution in [2.24, 2.45) is 10.7 Å². The van der Waals surface area contributed by atoms with E-state index in [0.29, 0.717) is 11.7 Å². The maximum Gasteiger partial charge on any atom is 0.148 e. The van der Waals surface area contributed by atoms with Crippen molar-refractivity contribution in [1.29, 1.82) is 0 Å². The van der Waals surface area contributed by atoms with Gasteiger partial charge in [-0.2, -0.15) is 0 Å². The number of hydrogen-bond donors (Lipinski definition) is 2. The van der Waals surface area contributed by atoms with Gasteiger partial charge < -0.3 is 16.0 Å². The van der Waals surface area contributed by atoms with Gasteiger partial charge in [-0.05, 0) is 43.4 Å².